The van der Waals surface area contributed by atoms with Crippen molar-refractivity contribution in [2.24, 2.45) is 0 Å². The molecule has 0 aliphatic rings. The molecule has 10 heavy (non-hydrogen) atoms. The smallest absolute Gasteiger partial charge is 0.115 e. The Morgan fingerprint density at radius 3 is 3.10 bits per heavy atom. The Balaban J connectivity index is 2.43. The fraction of sp³-hybridized carbons (Fsp3) is 0.250. The molecule has 0 amide bonds. The van der Waals surface area contributed by atoms with E-state index in [1.165, 1.54) is 0 Å². The Labute approximate surface area is 60.9 Å². The van der Waals surface area contributed by atoms with Gasteiger partial charge < -0.3 is 4.74 Å². The Morgan fingerprint density at radius 2 is 2.50 bits per heavy atom. The summed E-state index contributed by atoms with van der Waals surface area (Å²) in [7, 11) is 4.86. The van der Waals surface area contributed by atoms with Gasteiger partial charge in [-0.3, -0.25) is 4.98 Å². The highest BCUT2D eigenvalue weighted by Gasteiger charge is 1.88. The van der Waals surface area contributed by atoms with Gasteiger partial charge in [0, 0.05) is 12.4 Å². The molecule has 0 N–H and O–H groups in total. The molecule has 0 aromatic carbocycles. The fourth-order valence-corrected chi connectivity index (χ4v) is 0.723. The number of hydrogen-bond acceptors (Lipinski definition) is 2. The zero-order valence-corrected chi connectivity index (χ0v) is 5.66. The van der Waals surface area contributed by atoms with Crippen LogP contribution in [-0.2, 0) is 11.2 Å². The van der Waals surface area contributed by atoms with Crippen LogP contribution in [0.4, 0.5) is 0 Å². The molecule has 0 saturated carbocycles. The van der Waals surface area contributed by atoms with Gasteiger partial charge in [0.2, 0.25) is 0 Å². The summed E-state index contributed by atoms with van der Waals surface area (Å²) in [6, 6.07) is 3.89. The number of aromatic nitrogens is 1. The van der Waals surface area contributed by atoms with E-state index in [0.29, 0.717) is 6.61 Å². The largest absolute Gasteiger partial charge is 0.372 e. The summed E-state index contributed by atoms with van der Waals surface area (Å²) in [6.45, 7) is 0.547. The molecule has 0 saturated heterocycles. The monoisotopic (exact) mass is 135 g/mol. The average Bonchev–Trinajstić information content (AvgIpc) is 2.03. The summed E-state index contributed by atoms with van der Waals surface area (Å²) in [5, 5.41) is 0. The van der Waals surface area contributed by atoms with Crippen LogP contribution in [0.3, 0.4) is 0 Å². The van der Waals surface area contributed by atoms with Gasteiger partial charge in [-0.05, 0) is 18.1 Å². The van der Waals surface area contributed by atoms with Gasteiger partial charge in [-0.25, -0.2) is 0 Å². The minimum atomic E-state index is 0.547. The van der Waals surface area contributed by atoms with Crippen molar-refractivity contribution in [3.63, 3.8) is 0 Å². The zero-order chi connectivity index (χ0) is 7.23. The molecule has 2 radical (unpaired) electrons. The van der Waals surface area contributed by atoms with Gasteiger partial charge in [-0.2, -0.15) is 0 Å². The standard InChI is InChI=1S/C8H9NO/c1-10-6-4-8-3-2-5-9-7-8/h1-3,5,7H,4,6H2. The van der Waals surface area contributed by atoms with Crippen LogP contribution in [0.1, 0.15) is 5.56 Å². The molecule has 0 atom stereocenters. The zero-order valence-electron chi connectivity index (χ0n) is 5.66. The van der Waals surface area contributed by atoms with Gasteiger partial charge in [0.1, 0.15) is 7.11 Å². The van der Waals surface area contributed by atoms with Gasteiger partial charge in [0.15, 0.2) is 0 Å². The third-order valence-electron chi connectivity index (χ3n) is 1.23. The third-order valence-corrected chi connectivity index (χ3v) is 1.23. The third kappa shape index (κ3) is 2.15. The molecule has 0 bridgehead atoms. The van der Waals surface area contributed by atoms with Crippen LogP contribution >= 0.6 is 0 Å². The van der Waals surface area contributed by atoms with Crippen molar-refractivity contribution in [1.29, 1.82) is 0 Å². The predicted octanol–water partition coefficient (Wildman–Crippen LogP) is 1.31. The lowest BCUT2D eigenvalue weighted by Gasteiger charge is -1.96. The van der Waals surface area contributed by atoms with E-state index in [-0.39, 0.29) is 0 Å². The Morgan fingerprint density at radius 1 is 1.60 bits per heavy atom. The van der Waals surface area contributed by atoms with Crippen molar-refractivity contribution in [3.8, 4) is 0 Å². The van der Waals surface area contributed by atoms with E-state index in [1.54, 1.807) is 12.4 Å². The van der Waals surface area contributed by atoms with E-state index >= 15 is 0 Å². The first-order chi connectivity index (χ1) is 4.93. The van der Waals surface area contributed by atoms with Crippen molar-refractivity contribution < 1.29 is 4.74 Å². The second-order valence-electron chi connectivity index (χ2n) is 1.98. The molecular weight excluding hydrogens is 126 g/mol. The first kappa shape index (κ1) is 7.22. The quantitative estimate of drug-likeness (QED) is 0.623. The van der Waals surface area contributed by atoms with E-state index in [2.05, 4.69) is 9.72 Å². The molecule has 1 aromatic heterocycles. The van der Waals surface area contributed by atoms with Crippen LogP contribution in [0.5, 0.6) is 0 Å². The van der Waals surface area contributed by atoms with E-state index in [1.807, 2.05) is 12.1 Å². The van der Waals surface area contributed by atoms with Gasteiger partial charge >= 0.3 is 0 Å². The lowest BCUT2D eigenvalue weighted by atomic mass is 10.2. The van der Waals surface area contributed by atoms with Crippen LogP contribution in [-0.4, -0.2) is 11.6 Å². The number of ether oxygens (including phenoxy) is 1. The van der Waals surface area contributed by atoms with E-state index in [0.717, 1.165) is 12.0 Å². The summed E-state index contributed by atoms with van der Waals surface area (Å²) < 4.78 is 4.42. The van der Waals surface area contributed by atoms with Crippen molar-refractivity contribution >= 4 is 0 Å². The average molecular weight is 135 g/mol. The predicted molar refractivity (Wildman–Crippen MR) is 38.2 cm³/mol. The normalized spacial score (nSPS) is 9.70. The second kappa shape index (κ2) is 4.01. The summed E-state index contributed by atoms with van der Waals surface area (Å²) in [4.78, 5) is 3.94. The van der Waals surface area contributed by atoms with E-state index in [9.17, 15) is 0 Å². The molecular formula is C8H9NO. The highest BCUT2D eigenvalue weighted by Crippen LogP contribution is 1.95. The first-order valence-electron chi connectivity index (χ1n) is 3.14. The molecule has 2 heteroatoms. The lowest BCUT2D eigenvalue weighted by Crippen LogP contribution is -1.92. The maximum absolute atomic E-state index is 4.86. The Hall–Kier alpha value is -0.890. The molecule has 1 rings (SSSR count). The van der Waals surface area contributed by atoms with Crippen LogP contribution in [0.2, 0.25) is 0 Å². The van der Waals surface area contributed by atoms with E-state index < -0.39 is 0 Å². The van der Waals surface area contributed by atoms with Gasteiger partial charge in [0.05, 0.1) is 6.61 Å². The topological polar surface area (TPSA) is 22.1 Å². The molecule has 0 unspecified atom stereocenters. The lowest BCUT2D eigenvalue weighted by molar-refractivity contribution is 0.246. The van der Waals surface area contributed by atoms with Crippen molar-refractivity contribution in [2.75, 3.05) is 6.61 Å². The van der Waals surface area contributed by atoms with Crippen molar-refractivity contribution in [2.45, 2.75) is 6.42 Å². The highest BCUT2D eigenvalue weighted by atomic mass is 16.5. The van der Waals surface area contributed by atoms with E-state index in [4.69, 9.17) is 7.11 Å². The van der Waals surface area contributed by atoms with Gasteiger partial charge in [-0.1, -0.05) is 6.07 Å². The SMILES string of the molecule is [CH]OCCc1cccnc1. The van der Waals surface area contributed by atoms with Gasteiger partial charge in [0.25, 0.3) is 0 Å². The van der Waals surface area contributed by atoms with Gasteiger partial charge in [-0.15, -0.1) is 0 Å². The number of pyridine rings is 1. The highest BCUT2D eigenvalue weighted by molar-refractivity contribution is 5.08. The molecule has 1 aromatic rings. The van der Waals surface area contributed by atoms with Crippen LogP contribution in [0, 0.1) is 7.11 Å². The Kier molecular flexibility index (Phi) is 2.90. The molecule has 0 aliphatic carbocycles. The first-order valence-corrected chi connectivity index (χ1v) is 3.14. The fourth-order valence-electron chi connectivity index (χ4n) is 0.723. The summed E-state index contributed by atoms with van der Waals surface area (Å²) >= 11 is 0. The Bertz CT molecular complexity index is 174. The molecule has 0 fully saturated rings. The van der Waals surface area contributed by atoms with Crippen molar-refractivity contribution in [1.82, 2.24) is 4.98 Å². The maximum atomic E-state index is 4.86. The molecule has 1 heterocycles. The molecule has 52 valence electrons. The minimum Gasteiger partial charge on any atom is -0.372 e. The summed E-state index contributed by atoms with van der Waals surface area (Å²) in [5.74, 6) is 0. The maximum Gasteiger partial charge on any atom is 0.115 e. The minimum absolute atomic E-state index is 0.547. The van der Waals surface area contributed by atoms with Crippen LogP contribution in [0.25, 0.3) is 0 Å². The number of nitrogens with zero attached hydrogens (tertiary/aromatic N) is 1. The van der Waals surface area contributed by atoms with Crippen LogP contribution < -0.4 is 0 Å². The van der Waals surface area contributed by atoms with Crippen LogP contribution in [0.15, 0.2) is 24.5 Å². The number of hydrogen-bond donors (Lipinski definition) is 0. The molecule has 2 nitrogen and oxygen atoms in total. The number of rotatable bonds is 3. The molecule has 0 spiro atoms. The summed E-state index contributed by atoms with van der Waals surface area (Å²) in [5.41, 5.74) is 1.15. The molecule has 0 aliphatic heterocycles. The summed E-state index contributed by atoms with van der Waals surface area (Å²) in [6.07, 6.45) is 4.37. The van der Waals surface area contributed by atoms with Crippen molar-refractivity contribution in [3.05, 3.63) is 37.2 Å². The second-order valence-corrected chi connectivity index (χ2v) is 1.98.